The zero-order chi connectivity index (χ0) is 16.6. The third-order valence-electron chi connectivity index (χ3n) is 4.07. The number of para-hydroxylation sites is 1. The molecule has 124 valence electrons. The molecule has 1 aliphatic carbocycles. The summed E-state index contributed by atoms with van der Waals surface area (Å²) in [6, 6.07) is 9.93. The van der Waals surface area contributed by atoms with Crippen LogP contribution in [0.15, 0.2) is 52.3 Å². The van der Waals surface area contributed by atoms with Gasteiger partial charge in [-0.15, -0.1) is 10.2 Å². The first-order valence-corrected chi connectivity index (χ1v) is 9.06. The molecule has 0 unspecified atom stereocenters. The van der Waals surface area contributed by atoms with Crippen LogP contribution in [0.5, 0.6) is 0 Å². The zero-order valence-electron chi connectivity index (χ0n) is 13.2. The molecule has 0 N–H and O–H groups in total. The molecule has 1 saturated carbocycles. The second kappa shape index (κ2) is 5.96. The lowest BCUT2D eigenvalue weighted by atomic mass is 10.3. The number of nitrogens with zero attached hydrogens (tertiary/aromatic N) is 6. The van der Waals surface area contributed by atoms with E-state index in [2.05, 4.69) is 25.3 Å². The minimum atomic E-state index is 0.473. The first-order chi connectivity index (χ1) is 12.4. The first-order valence-electron chi connectivity index (χ1n) is 8.08. The Morgan fingerprint density at radius 1 is 1.12 bits per heavy atom. The van der Waals surface area contributed by atoms with Crippen LogP contribution in [0.1, 0.15) is 30.5 Å². The van der Waals surface area contributed by atoms with Gasteiger partial charge in [0.25, 0.3) is 0 Å². The predicted octanol–water partition coefficient (Wildman–Crippen LogP) is 3.37. The Morgan fingerprint density at radius 3 is 2.84 bits per heavy atom. The van der Waals surface area contributed by atoms with Crippen LogP contribution in [0.25, 0.3) is 16.7 Å². The SMILES string of the molecule is c1ccc(-n2ncc3c(SCc4nnc(C5CC5)o4)ncnc32)cc1. The van der Waals surface area contributed by atoms with Crippen molar-refractivity contribution in [2.45, 2.75) is 29.5 Å². The van der Waals surface area contributed by atoms with Crippen molar-refractivity contribution in [3.8, 4) is 5.69 Å². The van der Waals surface area contributed by atoms with Gasteiger partial charge in [0.2, 0.25) is 11.8 Å². The minimum Gasteiger partial charge on any atom is -0.424 e. The molecule has 4 aromatic rings. The van der Waals surface area contributed by atoms with E-state index < -0.39 is 0 Å². The van der Waals surface area contributed by atoms with Gasteiger partial charge < -0.3 is 4.42 Å². The Hall–Kier alpha value is -2.74. The van der Waals surface area contributed by atoms with Gasteiger partial charge >= 0.3 is 0 Å². The van der Waals surface area contributed by atoms with Crippen LogP contribution in [0.3, 0.4) is 0 Å². The second-order valence-electron chi connectivity index (χ2n) is 5.91. The number of thioether (sulfide) groups is 1. The standard InChI is InChI=1S/C17H14N6OS/c1-2-4-12(5-3-1)23-15-13(8-20-23)17(19-10-18-15)25-9-14-21-22-16(24-14)11-6-7-11/h1-5,8,10-11H,6-7,9H2. The van der Waals surface area contributed by atoms with Crippen molar-refractivity contribution in [1.82, 2.24) is 29.9 Å². The summed E-state index contributed by atoms with van der Waals surface area (Å²) in [7, 11) is 0. The monoisotopic (exact) mass is 350 g/mol. The lowest BCUT2D eigenvalue weighted by Crippen LogP contribution is -1.97. The fraction of sp³-hybridized carbons (Fsp3) is 0.235. The van der Waals surface area contributed by atoms with Gasteiger partial charge in [-0.3, -0.25) is 0 Å². The normalized spacial score (nSPS) is 14.2. The van der Waals surface area contributed by atoms with Crippen LogP contribution in [0, 0.1) is 0 Å². The largest absolute Gasteiger partial charge is 0.424 e. The van der Waals surface area contributed by atoms with Crippen LogP contribution >= 0.6 is 11.8 Å². The van der Waals surface area contributed by atoms with Gasteiger partial charge in [0.1, 0.15) is 11.4 Å². The highest BCUT2D eigenvalue weighted by atomic mass is 32.2. The summed E-state index contributed by atoms with van der Waals surface area (Å²) in [4.78, 5) is 8.79. The summed E-state index contributed by atoms with van der Waals surface area (Å²) in [5.41, 5.74) is 1.76. The molecule has 8 heteroatoms. The third kappa shape index (κ3) is 2.78. The van der Waals surface area contributed by atoms with Crippen molar-refractivity contribution in [2.75, 3.05) is 0 Å². The van der Waals surface area contributed by atoms with Crippen LogP contribution in [-0.4, -0.2) is 29.9 Å². The smallest absolute Gasteiger partial charge is 0.226 e. The minimum absolute atomic E-state index is 0.473. The van der Waals surface area contributed by atoms with E-state index in [1.807, 2.05) is 35.0 Å². The van der Waals surface area contributed by atoms with E-state index in [4.69, 9.17) is 4.42 Å². The topological polar surface area (TPSA) is 82.5 Å². The van der Waals surface area contributed by atoms with Crippen molar-refractivity contribution in [3.05, 3.63) is 54.6 Å². The number of hydrogen-bond donors (Lipinski definition) is 0. The van der Waals surface area contributed by atoms with Crippen LogP contribution < -0.4 is 0 Å². The molecular formula is C17H14N6OS. The Bertz CT molecular complexity index is 1020. The lowest BCUT2D eigenvalue weighted by molar-refractivity contribution is 0.466. The summed E-state index contributed by atoms with van der Waals surface area (Å²) in [6.45, 7) is 0. The van der Waals surface area contributed by atoms with Crippen molar-refractivity contribution >= 4 is 22.8 Å². The Morgan fingerprint density at radius 2 is 2.00 bits per heavy atom. The average Bonchev–Trinajstić information content (AvgIpc) is 3.24. The number of hydrogen-bond acceptors (Lipinski definition) is 7. The van der Waals surface area contributed by atoms with Gasteiger partial charge in [0.05, 0.1) is 23.0 Å². The number of fused-ring (bicyclic) bond motifs is 1. The second-order valence-corrected chi connectivity index (χ2v) is 6.87. The van der Waals surface area contributed by atoms with Gasteiger partial charge in [-0.25, -0.2) is 14.6 Å². The number of aromatic nitrogens is 6. The molecule has 0 aliphatic heterocycles. The summed E-state index contributed by atoms with van der Waals surface area (Å²) >= 11 is 1.56. The summed E-state index contributed by atoms with van der Waals surface area (Å²) in [5, 5.41) is 14.5. The molecule has 0 amide bonds. The van der Waals surface area contributed by atoms with Gasteiger partial charge in [-0.05, 0) is 25.0 Å². The highest BCUT2D eigenvalue weighted by Crippen LogP contribution is 2.39. The van der Waals surface area contributed by atoms with Crippen molar-refractivity contribution in [2.24, 2.45) is 0 Å². The molecule has 0 bridgehead atoms. The fourth-order valence-electron chi connectivity index (χ4n) is 2.65. The summed E-state index contributed by atoms with van der Waals surface area (Å²) < 4.78 is 7.53. The summed E-state index contributed by atoms with van der Waals surface area (Å²) in [6.07, 6.45) is 5.67. The van der Waals surface area contributed by atoms with Gasteiger partial charge in [-0.2, -0.15) is 5.10 Å². The molecule has 25 heavy (non-hydrogen) atoms. The van der Waals surface area contributed by atoms with E-state index in [9.17, 15) is 0 Å². The van der Waals surface area contributed by atoms with E-state index >= 15 is 0 Å². The first kappa shape index (κ1) is 14.6. The molecule has 0 spiro atoms. The van der Waals surface area contributed by atoms with E-state index in [1.54, 1.807) is 24.3 Å². The number of rotatable bonds is 5. The molecule has 1 aromatic carbocycles. The molecule has 1 fully saturated rings. The van der Waals surface area contributed by atoms with Crippen molar-refractivity contribution in [1.29, 1.82) is 0 Å². The lowest BCUT2D eigenvalue weighted by Gasteiger charge is -2.03. The number of benzene rings is 1. The van der Waals surface area contributed by atoms with Gasteiger partial charge in [-0.1, -0.05) is 30.0 Å². The summed E-state index contributed by atoms with van der Waals surface area (Å²) in [5.74, 6) is 2.46. The van der Waals surface area contributed by atoms with Crippen molar-refractivity contribution in [3.63, 3.8) is 0 Å². The molecular weight excluding hydrogens is 336 g/mol. The van der Waals surface area contributed by atoms with Crippen LogP contribution in [0.4, 0.5) is 0 Å². The van der Waals surface area contributed by atoms with Crippen molar-refractivity contribution < 1.29 is 4.42 Å². The van der Waals surface area contributed by atoms with Gasteiger partial charge in [0, 0.05) is 5.92 Å². The van der Waals surface area contributed by atoms with E-state index in [0.717, 1.165) is 40.5 Å². The maximum absolute atomic E-state index is 5.71. The zero-order valence-corrected chi connectivity index (χ0v) is 14.1. The van der Waals surface area contributed by atoms with E-state index in [-0.39, 0.29) is 0 Å². The Balaban J connectivity index is 1.42. The molecule has 0 radical (unpaired) electrons. The molecule has 1 aliphatic rings. The average molecular weight is 350 g/mol. The highest BCUT2D eigenvalue weighted by Gasteiger charge is 2.29. The molecule has 0 atom stereocenters. The fourth-order valence-corrected chi connectivity index (χ4v) is 3.44. The Kier molecular flexibility index (Phi) is 3.48. The maximum Gasteiger partial charge on any atom is 0.226 e. The molecule has 3 heterocycles. The Labute approximate surface area is 147 Å². The van der Waals surface area contributed by atoms with E-state index in [0.29, 0.717) is 17.6 Å². The quantitative estimate of drug-likeness (QED) is 0.403. The molecule has 3 aromatic heterocycles. The van der Waals surface area contributed by atoms with Crippen LogP contribution in [-0.2, 0) is 5.75 Å². The van der Waals surface area contributed by atoms with Gasteiger partial charge in [0.15, 0.2) is 5.65 Å². The molecule has 7 nitrogen and oxygen atoms in total. The predicted molar refractivity (Wildman–Crippen MR) is 92.5 cm³/mol. The molecule has 0 saturated heterocycles. The maximum atomic E-state index is 5.71. The van der Waals surface area contributed by atoms with Crippen LogP contribution in [0.2, 0.25) is 0 Å². The highest BCUT2D eigenvalue weighted by molar-refractivity contribution is 7.98. The third-order valence-corrected chi connectivity index (χ3v) is 5.06. The van der Waals surface area contributed by atoms with E-state index in [1.165, 1.54) is 0 Å². The molecule has 5 rings (SSSR count).